The van der Waals surface area contributed by atoms with Gasteiger partial charge in [0.05, 0.1) is 5.69 Å². The van der Waals surface area contributed by atoms with Crippen LogP contribution in [0.1, 0.15) is 51.1 Å². The number of benzene rings is 1. The first-order valence-corrected chi connectivity index (χ1v) is 8.62. The van der Waals surface area contributed by atoms with Crippen LogP contribution in [0.15, 0.2) is 18.2 Å². The predicted octanol–water partition coefficient (Wildman–Crippen LogP) is 1.88. The van der Waals surface area contributed by atoms with Crippen LogP contribution in [0.2, 0.25) is 0 Å². The number of carbonyl (C=O) groups is 2. The fourth-order valence-corrected chi connectivity index (χ4v) is 3.36. The minimum Gasteiger partial charge on any atom is -0.479 e. The van der Waals surface area contributed by atoms with Crippen LogP contribution in [0.5, 0.6) is 5.75 Å². The topological polar surface area (TPSA) is 84.7 Å². The first-order valence-electron chi connectivity index (χ1n) is 8.62. The van der Waals surface area contributed by atoms with Crippen LogP contribution in [0.3, 0.4) is 0 Å². The fourth-order valence-electron chi connectivity index (χ4n) is 3.36. The van der Waals surface area contributed by atoms with Gasteiger partial charge in [0.15, 0.2) is 6.10 Å². The third-order valence-electron chi connectivity index (χ3n) is 4.74. The van der Waals surface area contributed by atoms with Crippen LogP contribution >= 0.6 is 0 Å². The number of rotatable bonds is 4. The Hall–Kier alpha value is -2.08. The van der Waals surface area contributed by atoms with E-state index in [1.54, 1.807) is 6.92 Å². The summed E-state index contributed by atoms with van der Waals surface area (Å²) in [7, 11) is 0. The highest BCUT2D eigenvalue weighted by Crippen LogP contribution is 2.35. The molecule has 1 aromatic carbocycles. The summed E-state index contributed by atoms with van der Waals surface area (Å²) in [5.74, 6) is 0.285. The molecular formula is C18H25N3O3. The molecule has 130 valence electrons. The highest BCUT2D eigenvalue weighted by molar-refractivity contribution is 6.03. The zero-order valence-electron chi connectivity index (χ0n) is 14.2. The van der Waals surface area contributed by atoms with E-state index in [9.17, 15) is 9.59 Å². The normalized spacial score (nSPS) is 22.0. The van der Waals surface area contributed by atoms with E-state index in [1.807, 2.05) is 25.1 Å². The molecule has 1 fully saturated rings. The number of anilines is 1. The largest absolute Gasteiger partial charge is 0.479 e. The average Bonchev–Trinajstić information content (AvgIpc) is 3.04. The summed E-state index contributed by atoms with van der Waals surface area (Å²) in [5.41, 5.74) is 7.46. The van der Waals surface area contributed by atoms with Crippen LogP contribution in [-0.2, 0) is 9.59 Å². The van der Waals surface area contributed by atoms with Gasteiger partial charge in [0.2, 0.25) is 5.91 Å². The number of nitrogens with zero attached hydrogens (tertiary/aromatic N) is 1. The van der Waals surface area contributed by atoms with Gasteiger partial charge in [-0.15, -0.1) is 0 Å². The van der Waals surface area contributed by atoms with E-state index >= 15 is 0 Å². The quantitative estimate of drug-likeness (QED) is 0.882. The van der Waals surface area contributed by atoms with Crippen molar-refractivity contribution in [3.63, 3.8) is 0 Å². The molecule has 1 aliphatic heterocycles. The molecule has 6 nitrogen and oxygen atoms in total. The third kappa shape index (κ3) is 3.38. The molecule has 2 atom stereocenters. The second-order valence-electron chi connectivity index (χ2n) is 6.75. The first kappa shape index (κ1) is 16.8. The number of nitrogens with two attached hydrogens (primary N) is 1. The van der Waals surface area contributed by atoms with Gasteiger partial charge < -0.3 is 15.8 Å². The molecule has 0 saturated heterocycles. The van der Waals surface area contributed by atoms with Crippen LogP contribution in [0.25, 0.3) is 0 Å². The summed E-state index contributed by atoms with van der Waals surface area (Å²) in [5, 5.41) is 3.03. The van der Waals surface area contributed by atoms with Crippen molar-refractivity contribution in [3.05, 3.63) is 23.8 Å². The standard InChI is InChI=1S/C18H25N3O3/c1-11(19)13-7-8-16-15(9-13)21(18(23)12(2)24-16)10-17(22)20-14-5-3-4-6-14/h7-9,11-12,14H,3-6,10,19H2,1-2H3,(H,20,22)/t11-,12-/m1/s1. The van der Waals surface area contributed by atoms with Gasteiger partial charge in [-0.3, -0.25) is 14.5 Å². The molecule has 3 rings (SSSR count). The molecule has 24 heavy (non-hydrogen) atoms. The Bertz CT molecular complexity index is 638. The zero-order chi connectivity index (χ0) is 17.3. The molecule has 1 aromatic rings. The number of amides is 2. The second kappa shape index (κ2) is 6.81. The Labute approximate surface area is 142 Å². The number of hydrogen-bond donors (Lipinski definition) is 2. The maximum atomic E-state index is 12.5. The predicted molar refractivity (Wildman–Crippen MR) is 91.9 cm³/mol. The van der Waals surface area contributed by atoms with Crippen molar-refractivity contribution < 1.29 is 14.3 Å². The van der Waals surface area contributed by atoms with Crippen molar-refractivity contribution >= 4 is 17.5 Å². The molecule has 3 N–H and O–H groups in total. The molecule has 0 radical (unpaired) electrons. The van der Waals surface area contributed by atoms with E-state index in [0.29, 0.717) is 11.4 Å². The van der Waals surface area contributed by atoms with E-state index in [2.05, 4.69) is 5.32 Å². The first-order chi connectivity index (χ1) is 11.5. The lowest BCUT2D eigenvalue weighted by Crippen LogP contribution is -2.50. The Kier molecular flexibility index (Phi) is 4.76. The molecular weight excluding hydrogens is 306 g/mol. The number of hydrogen-bond acceptors (Lipinski definition) is 4. The molecule has 0 bridgehead atoms. The van der Waals surface area contributed by atoms with Gasteiger partial charge >= 0.3 is 0 Å². The van der Waals surface area contributed by atoms with Crippen molar-refractivity contribution in [3.8, 4) is 5.75 Å². The van der Waals surface area contributed by atoms with Crippen LogP contribution in [0.4, 0.5) is 5.69 Å². The van der Waals surface area contributed by atoms with Crippen LogP contribution in [-0.4, -0.2) is 30.5 Å². The van der Waals surface area contributed by atoms with E-state index in [0.717, 1.165) is 31.2 Å². The summed E-state index contributed by atoms with van der Waals surface area (Å²) in [6.07, 6.45) is 3.74. The summed E-state index contributed by atoms with van der Waals surface area (Å²) in [4.78, 5) is 26.4. The second-order valence-corrected chi connectivity index (χ2v) is 6.75. The maximum Gasteiger partial charge on any atom is 0.268 e. The van der Waals surface area contributed by atoms with Crippen molar-refractivity contribution in [2.45, 2.75) is 57.7 Å². The Morgan fingerprint density at radius 2 is 2.12 bits per heavy atom. The molecule has 6 heteroatoms. The SMILES string of the molecule is C[C@H]1Oc2ccc([C@@H](C)N)cc2N(CC(=O)NC2CCCC2)C1=O. The van der Waals surface area contributed by atoms with E-state index in [-0.39, 0.29) is 30.4 Å². The number of fused-ring (bicyclic) bond motifs is 1. The van der Waals surface area contributed by atoms with E-state index in [1.165, 1.54) is 4.90 Å². The highest BCUT2D eigenvalue weighted by Gasteiger charge is 2.33. The van der Waals surface area contributed by atoms with Gasteiger partial charge in [-0.2, -0.15) is 0 Å². The third-order valence-corrected chi connectivity index (χ3v) is 4.74. The van der Waals surface area contributed by atoms with Gasteiger partial charge in [-0.1, -0.05) is 18.9 Å². The highest BCUT2D eigenvalue weighted by atomic mass is 16.5. The van der Waals surface area contributed by atoms with E-state index in [4.69, 9.17) is 10.5 Å². The lowest BCUT2D eigenvalue weighted by Gasteiger charge is -2.33. The van der Waals surface area contributed by atoms with Crippen molar-refractivity contribution in [2.24, 2.45) is 5.73 Å². The van der Waals surface area contributed by atoms with Crippen molar-refractivity contribution in [2.75, 3.05) is 11.4 Å². The number of ether oxygens (including phenoxy) is 1. The van der Waals surface area contributed by atoms with Gasteiger partial charge in [-0.25, -0.2) is 0 Å². The number of nitrogens with one attached hydrogen (secondary N) is 1. The van der Waals surface area contributed by atoms with Gasteiger partial charge in [0.1, 0.15) is 12.3 Å². The van der Waals surface area contributed by atoms with E-state index < -0.39 is 6.10 Å². The molecule has 0 spiro atoms. The van der Waals surface area contributed by atoms with Gasteiger partial charge in [0.25, 0.3) is 5.91 Å². The van der Waals surface area contributed by atoms with Crippen molar-refractivity contribution in [1.82, 2.24) is 5.32 Å². The summed E-state index contributed by atoms with van der Waals surface area (Å²) in [6.45, 7) is 3.60. The average molecular weight is 331 g/mol. The Morgan fingerprint density at radius 1 is 1.42 bits per heavy atom. The smallest absolute Gasteiger partial charge is 0.268 e. The molecule has 1 saturated carbocycles. The summed E-state index contributed by atoms with van der Waals surface area (Å²) in [6, 6.07) is 5.63. The lowest BCUT2D eigenvalue weighted by atomic mass is 10.1. The molecule has 2 aliphatic rings. The molecule has 0 unspecified atom stereocenters. The zero-order valence-corrected chi connectivity index (χ0v) is 14.2. The Morgan fingerprint density at radius 3 is 2.79 bits per heavy atom. The van der Waals surface area contributed by atoms with Gasteiger partial charge in [-0.05, 0) is 44.4 Å². The minimum absolute atomic E-state index is 0.0123. The number of carbonyl (C=O) groups excluding carboxylic acids is 2. The summed E-state index contributed by atoms with van der Waals surface area (Å²) < 4.78 is 5.66. The van der Waals surface area contributed by atoms with Crippen molar-refractivity contribution in [1.29, 1.82) is 0 Å². The fraction of sp³-hybridized carbons (Fsp3) is 0.556. The Balaban J connectivity index is 1.81. The molecule has 2 amide bonds. The monoisotopic (exact) mass is 331 g/mol. The maximum absolute atomic E-state index is 12.5. The molecule has 0 aromatic heterocycles. The summed E-state index contributed by atoms with van der Waals surface area (Å²) >= 11 is 0. The molecule has 1 heterocycles. The minimum atomic E-state index is -0.599. The lowest BCUT2D eigenvalue weighted by molar-refractivity contribution is -0.128. The molecule has 1 aliphatic carbocycles. The van der Waals surface area contributed by atoms with Gasteiger partial charge in [0, 0.05) is 12.1 Å². The van der Waals surface area contributed by atoms with Crippen LogP contribution < -0.4 is 20.7 Å². The van der Waals surface area contributed by atoms with Crippen LogP contribution in [0, 0.1) is 0 Å².